The van der Waals surface area contributed by atoms with Gasteiger partial charge < -0.3 is 5.32 Å². The molecule has 1 aliphatic rings. The number of amides is 1. The summed E-state index contributed by atoms with van der Waals surface area (Å²) in [5.74, 6) is 1.19. The van der Waals surface area contributed by atoms with E-state index in [9.17, 15) is 4.79 Å². The van der Waals surface area contributed by atoms with Gasteiger partial charge in [0.25, 0.3) is 0 Å². The van der Waals surface area contributed by atoms with E-state index < -0.39 is 0 Å². The third-order valence-corrected chi connectivity index (χ3v) is 2.49. The maximum absolute atomic E-state index is 11.0. The molecule has 15 heavy (non-hydrogen) atoms. The standard InChI is InChI=1S/C12H14N2O/c1-8(2)9-3-5-10(6-4-9)12-13-7-11(15)14-12/h3-6,8H,7H2,1-2H3,(H,13,14,15). The normalized spacial score (nSPS) is 15.4. The van der Waals surface area contributed by atoms with Gasteiger partial charge in [-0.1, -0.05) is 38.1 Å². The Kier molecular flexibility index (Phi) is 2.54. The van der Waals surface area contributed by atoms with Gasteiger partial charge in [-0.2, -0.15) is 0 Å². The van der Waals surface area contributed by atoms with E-state index in [-0.39, 0.29) is 12.5 Å². The zero-order valence-corrected chi connectivity index (χ0v) is 8.95. The molecule has 0 aliphatic carbocycles. The van der Waals surface area contributed by atoms with Crippen LogP contribution in [0.25, 0.3) is 0 Å². The summed E-state index contributed by atoms with van der Waals surface area (Å²) in [5.41, 5.74) is 2.27. The maximum atomic E-state index is 11.0. The van der Waals surface area contributed by atoms with Crippen molar-refractivity contribution in [3.05, 3.63) is 35.4 Å². The molecule has 0 spiro atoms. The van der Waals surface area contributed by atoms with Crippen LogP contribution in [-0.2, 0) is 4.79 Å². The summed E-state index contributed by atoms with van der Waals surface area (Å²) in [6.45, 7) is 4.56. The molecule has 1 heterocycles. The van der Waals surface area contributed by atoms with E-state index in [2.05, 4.69) is 36.3 Å². The van der Waals surface area contributed by atoms with Crippen LogP contribution < -0.4 is 5.32 Å². The zero-order valence-electron chi connectivity index (χ0n) is 8.95. The molecule has 0 saturated heterocycles. The molecule has 1 aliphatic heterocycles. The lowest BCUT2D eigenvalue weighted by Gasteiger charge is -2.06. The summed E-state index contributed by atoms with van der Waals surface area (Å²) < 4.78 is 0. The number of nitrogens with one attached hydrogen (secondary N) is 1. The predicted molar refractivity (Wildman–Crippen MR) is 60.1 cm³/mol. The van der Waals surface area contributed by atoms with Gasteiger partial charge in [0.1, 0.15) is 12.4 Å². The van der Waals surface area contributed by atoms with Crippen LogP contribution in [0.15, 0.2) is 29.3 Å². The van der Waals surface area contributed by atoms with Crippen LogP contribution in [0.5, 0.6) is 0 Å². The molecule has 0 radical (unpaired) electrons. The lowest BCUT2D eigenvalue weighted by Crippen LogP contribution is -2.25. The highest BCUT2D eigenvalue weighted by Crippen LogP contribution is 2.15. The second-order valence-corrected chi connectivity index (χ2v) is 3.99. The van der Waals surface area contributed by atoms with Crippen molar-refractivity contribution in [2.45, 2.75) is 19.8 Å². The summed E-state index contributed by atoms with van der Waals surface area (Å²) >= 11 is 0. The summed E-state index contributed by atoms with van der Waals surface area (Å²) in [5, 5.41) is 2.73. The monoisotopic (exact) mass is 202 g/mol. The number of hydrogen-bond acceptors (Lipinski definition) is 2. The van der Waals surface area contributed by atoms with Crippen molar-refractivity contribution >= 4 is 11.7 Å². The van der Waals surface area contributed by atoms with Crippen molar-refractivity contribution < 1.29 is 4.79 Å². The minimum atomic E-state index is -0.0297. The number of rotatable bonds is 2. The lowest BCUT2D eigenvalue weighted by atomic mass is 10.0. The molecule has 1 aromatic rings. The highest BCUT2D eigenvalue weighted by atomic mass is 16.2. The lowest BCUT2D eigenvalue weighted by molar-refractivity contribution is -0.117. The fourth-order valence-electron chi connectivity index (χ4n) is 1.55. The average Bonchev–Trinajstić information content (AvgIpc) is 2.65. The summed E-state index contributed by atoms with van der Waals surface area (Å²) in [6, 6.07) is 8.15. The quantitative estimate of drug-likeness (QED) is 0.779. The first-order valence-electron chi connectivity index (χ1n) is 5.11. The summed E-state index contributed by atoms with van der Waals surface area (Å²) in [7, 11) is 0. The minimum absolute atomic E-state index is 0.0297. The predicted octanol–water partition coefficient (Wildman–Crippen LogP) is 1.69. The number of nitrogens with zero attached hydrogens (tertiary/aromatic N) is 1. The summed E-state index contributed by atoms with van der Waals surface area (Å²) in [6.07, 6.45) is 0. The fourth-order valence-corrected chi connectivity index (χ4v) is 1.55. The number of carbonyl (C=O) groups excluding carboxylic acids is 1. The second kappa shape index (κ2) is 3.85. The van der Waals surface area contributed by atoms with Gasteiger partial charge in [-0.25, -0.2) is 0 Å². The van der Waals surface area contributed by atoms with Crippen LogP contribution in [0.2, 0.25) is 0 Å². The molecule has 0 fully saturated rings. The third-order valence-electron chi connectivity index (χ3n) is 2.49. The van der Waals surface area contributed by atoms with Crippen LogP contribution in [0.4, 0.5) is 0 Å². The number of hydrogen-bond donors (Lipinski definition) is 1. The first-order valence-corrected chi connectivity index (χ1v) is 5.11. The molecule has 3 nitrogen and oxygen atoms in total. The molecular formula is C12H14N2O. The van der Waals surface area contributed by atoms with Gasteiger partial charge in [-0.05, 0) is 11.5 Å². The smallest absolute Gasteiger partial charge is 0.247 e. The first-order chi connectivity index (χ1) is 7.16. The van der Waals surface area contributed by atoms with Crippen LogP contribution in [-0.4, -0.2) is 18.3 Å². The second-order valence-electron chi connectivity index (χ2n) is 3.99. The van der Waals surface area contributed by atoms with Crippen LogP contribution >= 0.6 is 0 Å². The molecule has 0 saturated carbocycles. The van der Waals surface area contributed by atoms with Crippen molar-refractivity contribution in [1.29, 1.82) is 0 Å². The van der Waals surface area contributed by atoms with Crippen molar-refractivity contribution in [1.82, 2.24) is 5.32 Å². The summed E-state index contributed by atoms with van der Waals surface area (Å²) in [4.78, 5) is 15.1. The van der Waals surface area contributed by atoms with Gasteiger partial charge in [0.2, 0.25) is 5.91 Å². The molecule has 1 N–H and O–H groups in total. The molecule has 2 rings (SSSR count). The van der Waals surface area contributed by atoms with E-state index in [1.807, 2.05) is 12.1 Å². The van der Waals surface area contributed by atoms with Gasteiger partial charge in [0.05, 0.1) is 0 Å². The Hall–Kier alpha value is -1.64. The van der Waals surface area contributed by atoms with Gasteiger partial charge in [-0.3, -0.25) is 9.79 Å². The third kappa shape index (κ3) is 2.06. The Labute approximate surface area is 89.2 Å². The number of benzene rings is 1. The van der Waals surface area contributed by atoms with Crippen LogP contribution in [0.3, 0.4) is 0 Å². The molecule has 0 aromatic heterocycles. The molecule has 1 aromatic carbocycles. The van der Waals surface area contributed by atoms with Crippen LogP contribution in [0, 0.1) is 0 Å². The van der Waals surface area contributed by atoms with Gasteiger partial charge in [0, 0.05) is 5.56 Å². The minimum Gasteiger partial charge on any atom is -0.309 e. The van der Waals surface area contributed by atoms with Gasteiger partial charge in [-0.15, -0.1) is 0 Å². The topological polar surface area (TPSA) is 41.5 Å². The molecular weight excluding hydrogens is 188 g/mol. The Morgan fingerprint density at radius 1 is 1.27 bits per heavy atom. The highest BCUT2D eigenvalue weighted by molar-refractivity contribution is 6.12. The van der Waals surface area contributed by atoms with Crippen LogP contribution in [0.1, 0.15) is 30.9 Å². The van der Waals surface area contributed by atoms with E-state index in [1.165, 1.54) is 5.56 Å². The van der Waals surface area contributed by atoms with Crippen molar-refractivity contribution in [3.63, 3.8) is 0 Å². The molecule has 1 amide bonds. The Balaban J connectivity index is 2.21. The van der Waals surface area contributed by atoms with Crippen molar-refractivity contribution in [2.75, 3.05) is 6.54 Å². The zero-order chi connectivity index (χ0) is 10.8. The van der Waals surface area contributed by atoms with E-state index in [1.54, 1.807) is 0 Å². The molecule has 0 atom stereocenters. The van der Waals surface area contributed by atoms with Gasteiger partial charge in [0.15, 0.2) is 0 Å². The molecule has 0 bridgehead atoms. The fraction of sp³-hybridized carbons (Fsp3) is 0.333. The Morgan fingerprint density at radius 3 is 2.40 bits per heavy atom. The van der Waals surface area contributed by atoms with Gasteiger partial charge >= 0.3 is 0 Å². The Bertz CT molecular complexity index is 404. The van der Waals surface area contributed by atoms with E-state index >= 15 is 0 Å². The number of carbonyl (C=O) groups is 1. The van der Waals surface area contributed by atoms with Crippen molar-refractivity contribution in [2.24, 2.45) is 4.99 Å². The number of amidine groups is 1. The largest absolute Gasteiger partial charge is 0.309 e. The average molecular weight is 202 g/mol. The molecule has 0 unspecified atom stereocenters. The van der Waals surface area contributed by atoms with Crippen molar-refractivity contribution in [3.8, 4) is 0 Å². The molecule has 78 valence electrons. The highest BCUT2D eigenvalue weighted by Gasteiger charge is 2.14. The SMILES string of the molecule is CC(C)c1ccc(C2=NCC(=O)N2)cc1. The Morgan fingerprint density at radius 2 is 1.93 bits per heavy atom. The van der Waals surface area contributed by atoms with E-state index in [0.29, 0.717) is 11.8 Å². The number of aliphatic imine (C=N–C) groups is 1. The first kappa shape index (κ1) is 9.90. The maximum Gasteiger partial charge on any atom is 0.247 e. The molecule has 3 heteroatoms. The van der Waals surface area contributed by atoms with E-state index in [0.717, 1.165) is 5.56 Å². The van der Waals surface area contributed by atoms with E-state index in [4.69, 9.17) is 0 Å².